The summed E-state index contributed by atoms with van der Waals surface area (Å²) in [6.07, 6.45) is 3.02. The molecule has 98 valence electrons. The second kappa shape index (κ2) is 7.08. The van der Waals surface area contributed by atoms with Gasteiger partial charge in [-0.15, -0.1) is 11.3 Å². The topological polar surface area (TPSA) is 24.9 Å². The van der Waals surface area contributed by atoms with Gasteiger partial charge < -0.3 is 0 Å². The zero-order valence-corrected chi connectivity index (χ0v) is 12.1. The molecule has 2 nitrogen and oxygen atoms in total. The molecule has 0 aliphatic heterocycles. The maximum Gasteiger partial charge on any atom is 0.109 e. The first kappa shape index (κ1) is 13.8. The van der Waals surface area contributed by atoms with Crippen molar-refractivity contribution in [3.8, 4) is 11.8 Å². The summed E-state index contributed by atoms with van der Waals surface area (Å²) < 4.78 is 0. The van der Waals surface area contributed by atoms with Crippen molar-refractivity contribution < 1.29 is 0 Å². The molecule has 19 heavy (non-hydrogen) atoms. The fourth-order valence-electron chi connectivity index (χ4n) is 1.65. The van der Waals surface area contributed by atoms with Gasteiger partial charge in [-0.1, -0.05) is 37.0 Å². The Morgan fingerprint density at radius 2 is 2.11 bits per heavy atom. The van der Waals surface area contributed by atoms with E-state index >= 15 is 0 Å². The molecule has 0 aliphatic carbocycles. The molecule has 1 unspecified atom stereocenters. The molecule has 0 bridgehead atoms. The van der Waals surface area contributed by atoms with Crippen LogP contribution in [0.4, 0.5) is 0 Å². The molecular weight excluding hydrogens is 252 g/mol. The molecule has 1 heterocycles. The Hall–Kier alpha value is -1.63. The van der Waals surface area contributed by atoms with Gasteiger partial charge in [0.15, 0.2) is 0 Å². The van der Waals surface area contributed by atoms with E-state index in [0.29, 0.717) is 6.54 Å². The van der Waals surface area contributed by atoms with Crippen molar-refractivity contribution >= 4 is 11.3 Å². The lowest BCUT2D eigenvalue weighted by molar-refractivity contribution is 0.619. The van der Waals surface area contributed by atoms with E-state index in [4.69, 9.17) is 0 Å². The summed E-state index contributed by atoms with van der Waals surface area (Å²) in [4.78, 5) is 5.76. The number of nitrogens with one attached hydrogen (secondary N) is 1. The van der Waals surface area contributed by atoms with Crippen LogP contribution in [0, 0.1) is 11.8 Å². The third-order valence-electron chi connectivity index (χ3n) is 2.79. The molecule has 1 atom stereocenters. The van der Waals surface area contributed by atoms with Crippen LogP contribution in [0.2, 0.25) is 0 Å². The van der Waals surface area contributed by atoms with Crippen molar-refractivity contribution in [2.24, 2.45) is 0 Å². The summed E-state index contributed by atoms with van der Waals surface area (Å²) in [5.41, 5.74) is 1.06. The number of benzene rings is 1. The predicted molar refractivity (Wildman–Crippen MR) is 81.2 cm³/mol. The SMILES string of the molecule is CCc1cnc(C(C)NCC#Cc2ccccc2)s1. The molecule has 2 aromatic rings. The zero-order chi connectivity index (χ0) is 13.5. The number of thiazole rings is 1. The first-order valence-corrected chi connectivity index (χ1v) is 7.33. The Balaban J connectivity index is 1.84. The number of hydrogen-bond acceptors (Lipinski definition) is 3. The molecule has 2 rings (SSSR count). The lowest BCUT2D eigenvalue weighted by atomic mass is 10.2. The van der Waals surface area contributed by atoms with Crippen LogP contribution in [-0.4, -0.2) is 11.5 Å². The van der Waals surface area contributed by atoms with Gasteiger partial charge in [-0.05, 0) is 25.5 Å². The minimum absolute atomic E-state index is 0.260. The van der Waals surface area contributed by atoms with E-state index in [1.165, 1.54) is 4.88 Å². The van der Waals surface area contributed by atoms with Crippen LogP contribution >= 0.6 is 11.3 Å². The van der Waals surface area contributed by atoms with Crippen LogP contribution in [-0.2, 0) is 6.42 Å². The van der Waals surface area contributed by atoms with Crippen molar-refractivity contribution in [1.29, 1.82) is 0 Å². The second-order valence-corrected chi connectivity index (χ2v) is 5.44. The number of aryl methyl sites for hydroxylation is 1. The molecule has 1 aromatic carbocycles. The highest BCUT2D eigenvalue weighted by molar-refractivity contribution is 7.11. The molecule has 0 fully saturated rings. The van der Waals surface area contributed by atoms with E-state index in [0.717, 1.165) is 17.0 Å². The largest absolute Gasteiger partial charge is 0.297 e. The third-order valence-corrected chi connectivity index (χ3v) is 4.12. The number of rotatable bonds is 4. The predicted octanol–water partition coefficient (Wildman–Crippen LogP) is 3.41. The summed E-state index contributed by atoms with van der Waals surface area (Å²) >= 11 is 1.77. The van der Waals surface area contributed by atoms with Crippen LogP contribution < -0.4 is 5.32 Å². The number of aromatic nitrogens is 1. The van der Waals surface area contributed by atoms with Gasteiger partial charge in [0, 0.05) is 16.6 Å². The van der Waals surface area contributed by atoms with E-state index in [9.17, 15) is 0 Å². The van der Waals surface area contributed by atoms with Crippen LogP contribution in [0.3, 0.4) is 0 Å². The lowest BCUT2D eigenvalue weighted by Crippen LogP contribution is -2.18. The van der Waals surface area contributed by atoms with Gasteiger partial charge in [0.05, 0.1) is 12.6 Å². The van der Waals surface area contributed by atoms with E-state index in [1.807, 2.05) is 36.5 Å². The van der Waals surface area contributed by atoms with E-state index in [2.05, 4.69) is 36.0 Å². The molecule has 0 amide bonds. The number of hydrogen-bond donors (Lipinski definition) is 1. The smallest absolute Gasteiger partial charge is 0.109 e. The van der Waals surface area contributed by atoms with Crippen LogP contribution in [0.25, 0.3) is 0 Å². The maximum absolute atomic E-state index is 4.43. The molecule has 0 spiro atoms. The molecule has 1 N–H and O–H groups in total. The van der Waals surface area contributed by atoms with E-state index < -0.39 is 0 Å². The Labute approximate surface area is 118 Å². The Morgan fingerprint density at radius 1 is 1.32 bits per heavy atom. The molecule has 0 aliphatic rings. The standard InChI is InChI=1S/C16H18N2S/c1-3-15-12-18-16(19-15)13(2)17-11-7-10-14-8-5-4-6-9-14/h4-6,8-9,12-13,17H,3,11H2,1-2H3. The average Bonchev–Trinajstić information content (AvgIpc) is 2.93. The molecule has 0 saturated carbocycles. The van der Waals surface area contributed by atoms with Crippen LogP contribution in [0.1, 0.15) is 35.3 Å². The second-order valence-electron chi connectivity index (χ2n) is 4.29. The molecule has 3 heteroatoms. The summed E-state index contributed by atoms with van der Waals surface area (Å²) in [7, 11) is 0. The van der Waals surface area contributed by atoms with Gasteiger partial charge in [-0.25, -0.2) is 4.98 Å². The van der Waals surface area contributed by atoms with Crippen molar-refractivity contribution in [2.45, 2.75) is 26.3 Å². The number of nitrogens with zero attached hydrogens (tertiary/aromatic N) is 1. The first-order valence-electron chi connectivity index (χ1n) is 6.51. The molecule has 0 radical (unpaired) electrons. The van der Waals surface area contributed by atoms with Gasteiger partial charge in [0.2, 0.25) is 0 Å². The fraction of sp³-hybridized carbons (Fsp3) is 0.312. The lowest BCUT2D eigenvalue weighted by Gasteiger charge is -2.07. The van der Waals surface area contributed by atoms with Crippen LogP contribution in [0.5, 0.6) is 0 Å². The zero-order valence-electron chi connectivity index (χ0n) is 11.3. The highest BCUT2D eigenvalue weighted by atomic mass is 32.1. The van der Waals surface area contributed by atoms with Crippen LogP contribution in [0.15, 0.2) is 36.5 Å². The highest BCUT2D eigenvalue weighted by Gasteiger charge is 2.08. The summed E-state index contributed by atoms with van der Waals surface area (Å²) in [5, 5.41) is 4.52. The molecular formula is C16H18N2S. The Bertz CT molecular complexity index is 563. The minimum Gasteiger partial charge on any atom is -0.297 e. The van der Waals surface area contributed by atoms with Crippen molar-refractivity contribution in [3.05, 3.63) is 52.0 Å². The summed E-state index contributed by atoms with van der Waals surface area (Å²) in [6.45, 7) is 4.96. The fourth-order valence-corrected chi connectivity index (χ4v) is 2.53. The highest BCUT2D eigenvalue weighted by Crippen LogP contribution is 2.19. The van der Waals surface area contributed by atoms with Gasteiger partial charge in [-0.3, -0.25) is 5.32 Å². The van der Waals surface area contributed by atoms with Crippen molar-refractivity contribution in [3.63, 3.8) is 0 Å². The minimum atomic E-state index is 0.260. The monoisotopic (exact) mass is 270 g/mol. The van der Waals surface area contributed by atoms with Crippen molar-refractivity contribution in [2.75, 3.05) is 6.54 Å². The van der Waals surface area contributed by atoms with Crippen molar-refractivity contribution in [1.82, 2.24) is 10.3 Å². The quantitative estimate of drug-likeness (QED) is 0.861. The average molecular weight is 270 g/mol. The molecule has 0 saturated heterocycles. The Morgan fingerprint density at radius 3 is 2.79 bits per heavy atom. The van der Waals surface area contributed by atoms with E-state index in [-0.39, 0.29) is 6.04 Å². The summed E-state index contributed by atoms with van der Waals surface area (Å²) in [6, 6.07) is 10.3. The van der Waals surface area contributed by atoms with Gasteiger partial charge in [0.25, 0.3) is 0 Å². The third kappa shape index (κ3) is 4.20. The van der Waals surface area contributed by atoms with Gasteiger partial charge in [0.1, 0.15) is 5.01 Å². The Kier molecular flexibility index (Phi) is 5.14. The van der Waals surface area contributed by atoms with Gasteiger partial charge >= 0.3 is 0 Å². The van der Waals surface area contributed by atoms with Gasteiger partial charge in [-0.2, -0.15) is 0 Å². The first-order chi connectivity index (χ1) is 9.29. The molecule has 1 aromatic heterocycles. The maximum atomic E-state index is 4.43. The van der Waals surface area contributed by atoms with E-state index in [1.54, 1.807) is 11.3 Å². The summed E-state index contributed by atoms with van der Waals surface area (Å²) in [5.74, 6) is 6.28. The normalized spacial score (nSPS) is 11.7.